The molecule has 5 nitrogen and oxygen atoms in total. The Morgan fingerprint density at radius 1 is 1.40 bits per heavy atom. The van der Waals surface area contributed by atoms with Crippen LogP contribution in [0.1, 0.15) is 32.3 Å². The molecule has 0 heterocycles. The molecule has 0 aromatic heterocycles. The largest absolute Gasteiger partial charge is 0.394 e. The molecule has 0 spiro atoms. The number of alkyl halides is 2. The van der Waals surface area contributed by atoms with Crippen LogP contribution in [0, 0.1) is 16.0 Å². The van der Waals surface area contributed by atoms with Crippen LogP contribution in [0.3, 0.4) is 0 Å². The van der Waals surface area contributed by atoms with Gasteiger partial charge in [0.1, 0.15) is 0 Å². The van der Waals surface area contributed by atoms with Crippen molar-refractivity contribution in [2.24, 2.45) is 5.92 Å². The van der Waals surface area contributed by atoms with Gasteiger partial charge in [-0.1, -0.05) is 13.8 Å². The summed E-state index contributed by atoms with van der Waals surface area (Å²) in [5, 5.41) is 22.7. The second-order valence-corrected chi connectivity index (χ2v) is 4.98. The van der Waals surface area contributed by atoms with Gasteiger partial charge in [-0.2, -0.15) is 0 Å². The Kier molecular flexibility index (Phi) is 5.82. The minimum Gasteiger partial charge on any atom is -0.394 e. The molecule has 20 heavy (non-hydrogen) atoms. The Balaban J connectivity index is 3.01. The number of rotatable bonds is 7. The van der Waals surface area contributed by atoms with E-state index >= 15 is 0 Å². The van der Waals surface area contributed by atoms with Crippen molar-refractivity contribution >= 4 is 11.4 Å². The summed E-state index contributed by atoms with van der Waals surface area (Å²) >= 11 is 0. The smallest absolute Gasteiger partial charge is 0.270 e. The Hall–Kier alpha value is -1.76. The molecule has 0 fully saturated rings. The lowest BCUT2D eigenvalue weighted by molar-refractivity contribution is -0.385. The number of aliphatic hydroxyl groups is 1. The molecule has 0 amide bonds. The summed E-state index contributed by atoms with van der Waals surface area (Å²) in [6.45, 7) is 3.71. The van der Waals surface area contributed by atoms with Crippen LogP contribution in [0.15, 0.2) is 18.2 Å². The summed E-state index contributed by atoms with van der Waals surface area (Å²) in [6.07, 6.45) is -2.22. The molecule has 0 aliphatic heterocycles. The van der Waals surface area contributed by atoms with E-state index < -0.39 is 16.9 Å². The molecule has 2 N–H and O–H groups in total. The summed E-state index contributed by atoms with van der Waals surface area (Å²) in [6, 6.07) is 2.91. The van der Waals surface area contributed by atoms with Gasteiger partial charge >= 0.3 is 0 Å². The zero-order valence-corrected chi connectivity index (χ0v) is 11.3. The quantitative estimate of drug-likeness (QED) is 0.596. The van der Waals surface area contributed by atoms with Crippen molar-refractivity contribution in [3.05, 3.63) is 33.9 Å². The number of benzene rings is 1. The van der Waals surface area contributed by atoms with E-state index in [9.17, 15) is 24.0 Å². The summed E-state index contributed by atoms with van der Waals surface area (Å²) in [4.78, 5) is 9.90. The van der Waals surface area contributed by atoms with Gasteiger partial charge in [0.25, 0.3) is 12.1 Å². The highest BCUT2D eigenvalue weighted by molar-refractivity contribution is 5.57. The monoisotopic (exact) mass is 288 g/mol. The summed E-state index contributed by atoms with van der Waals surface area (Å²) in [5.41, 5.74) is -0.693. The first-order chi connectivity index (χ1) is 9.35. The number of aliphatic hydroxyl groups excluding tert-OH is 1. The number of halogens is 2. The average molecular weight is 288 g/mol. The van der Waals surface area contributed by atoms with Crippen molar-refractivity contribution < 1.29 is 18.8 Å². The number of non-ortho nitro benzene ring substituents is 1. The van der Waals surface area contributed by atoms with E-state index in [0.29, 0.717) is 6.42 Å². The second kappa shape index (κ2) is 7.14. The Morgan fingerprint density at radius 2 is 2.05 bits per heavy atom. The molecule has 1 rings (SSSR count). The van der Waals surface area contributed by atoms with Crippen LogP contribution in [0.25, 0.3) is 0 Å². The minimum absolute atomic E-state index is 0.116. The van der Waals surface area contributed by atoms with Crippen molar-refractivity contribution in [2.75, 3.05) is 11.9 Å². The third-order valence-corrected chi connectivity index (χ3v) is 2.82. The predicted molar refractivity (Wildman–Crippen MR) is 72.0 cm³/mol. The number of hydrogen-bond donors (Lipinski definition) is 2. The summed E-state index contributed by atoms with van der Waals surface area (Å²) < 4.78 is 25.9. The molecule has 1 unspecified atom stereocenters. The minimum atomic E-state index is -2.82. The molecule has 0 aliphatic rings. The Labute approximate surface area is 115 Å². The fourth-order valence-corrected chi connectivity index (χ4v) is 1.94. The topological polar surface area (TPSA) is 75.4 Å². The lowest BCUT2D eigenvalue weighted by atomic mass is 10.0. The predicted octanol–water partition coefficient (Wildman–Crippen LogP) is 3.35. The molecule has 0 radical (unpaired) electrons. The van der Waals surface area contributed by atoms with Crippen LogP contribution < -0.4 is 5.32 Å². The van der Waals surface area contributed by atoms with Crippen molar-refractivity contribution in [1.29, 1.82) is 0 Å². The summed E-state index contributed by atoms with van der Waals surface area (Å²) in [7, 11) is 0. The van der Waals surface area contributed by atoms with E-state index in [1.165, 1.54) is 6.07 Å². The number of nitro groups is 1. The first kappa shape index (κ1) is 16.3. The van der Waals surface area contributed by atoms with Gasteiger partial charge in [-0.05, 0) is 18.4 Å². The number of anilines is 1. The first-order valence-electron chi connectivity index (χ1n) is 6.29. The van der Waals surface area contributed by atoms with Crippen molar-refractivity contribution in [1.82, 2.24) is 0 Å². The molecule has 1 aromatic rings. The van der Waals surface area contributed by atoms with Crippen molar-refractivity contribution in [2.45, 2.75) is 32.7 Å². The SMILES string of the molecule is CC(C)CC(CO)Nc1ccc([N+](=O)[O-])cc1C(F)F. The number of nitrogens with zero attached hydrogens (tertiary/aromatic N) is 1. The van der Waals surface area contributed by atoms with Crippen LogP contribution in [0.2, 0.25) is 0 Å². The highest BCUT2D eigenvalue weighted by Crippen LogP contribution is 2.31. The third kappa shape index (κ3) is 4.41. The van der Waals surface area contributed by atoms with Crippen LogP contribution in [0.4, 0.5) is 20.2 Å². The fourth-order valence-electron chi connectivity index (χ4n) is 1.94. The van der Waals surface area contributed by atoms with Gasteiger partial charge in [-0.3, -0.25) is 10.1 Å². The van der Waals surface area contributed by atoms with Crippen LogP contribution >= 0.6 is 0 Å². The lowest BCUT2D eigenvalue weighted by Crippen LogP contribution is -2.26. The number of hydrogen-bond acceptors (Lipinski definition) is 4. The molecule has 1 atom stereocenters. The average Bonchev–Trinajstić information content (AvgIpc) is 2.37. The molecule has 0 bridgehead atoms. The first-order valence-corrected chi connectivity index (χ1v) is 6.29. The van der Waals surface area contributed by atoms with Gasteiger partial charge in [0, 0.05) is 29.4 Å². The van der Waals surface area contributed by atoms with Gasteiger partial charge in [-0.25, -0.2) is 8.78 Å². The number of nitrogens with one attached hydrogen (secondary N) is 1. The third-order valence-electron chi connectivity index (χ3n) is 2.82. The zero-order chi connectivity index (χ0) is 15.3. The fraction of sp³-hybridized carbons (Fsp3) is 0.538. The van der Waals surface area contributed by atoms with E-state index in [4.69, 9.17) is 0 Å². The molecular weight excluding hydrogens is 270 g/mol. The highest BCUT2D eigenvalue weighted by atomic mass is 19.3. The standard InChI is InChI=1S/C13H18F2N2O3/c1-8(2)5-9(7-18)16-12-4-3-10(17(19)20)6-11(12)13(14)15/h3-4,6,8-9,13,16,18H,5,7H2,1-2H3. The van der Waals surface area contributed by atoms with E-state index in [2.05, 4.69) is 5.32 Å². The molecule has 0 saturated heterocycles. The van der Waals surface area contributed by atoms with Crippen molar-refractivity contribution in [3.63, 3.8) is 0 Å². The van der Waals surface area contributed by atoms with Crippen molar-refractivity contribution in [3.8, 4) is 0 Å². The van der Waals surface area contributed by atoms with Gasteiger partial charge in [-0.15, -0.1) is 0 Å². The molecular formula is C13H18F2N2O3. The van der Waals surface area contributed by atoms with Gasteiger partial charge in [0.15, 0.2) is 0 Å². The molecule has 0 saturated carbocycles. The second-order valence-electron chi connectivity index (χ2n) is 4.98. The Bertz CT molecular complexity index is 467. The normalized spacial score (nSPS) is 12.8. The van der Waals surface area contributed by atoms with Gasteiger partial charge in [0.2, 0.25) is 0 Å². The maximum atomic E-state index is 13.0. The summed E-state index contributed by atoms with van der Waals surface area (Å²) in [5.74, 6) is 0.285. The lowest BCUT2D eigenvalue weighted by Gasteiger charge is -2.21. The van der Waals surface area contributed by atoms with Crippen LogP contribution in [-0.4, -0.2) is 22.7 Å². The van der Waals surface area contributed by atoms with E-state index in [-0.39, 0.29) is 29.9 Å². The maximum Gasteiger partial charge on any atom is 0.270 e. The van der Waals surface area contributed by atoms with Crippen LogP contribution in [-0.2, 0) is 0 Å². The zero-order valence-electron chi connectivity index (χ0n) is 11.3. The highest BCUT2D eigenvalue weighted by Gasteiger charge is 2.20. The van der Waals surface area contributed by atoms with E-state index in [0.717, 1.165) is 12.1 Å². The molecule has 112 valence electrons. The van der Waals surface area contributed by atoms with E-state index in [1.807, 2.05) is 13.8 Å². The number of nitro benzene ring substituents is 1. The molecule has 0 aliphatic carbocycles. The molecule has 1 aromatic carbocycles. The van der Waals surface area contributed by atoms with Gasteiger partial charge in [0.05, 0.1) is 11.5 Å². The van der Waals surface area contributed by atoms with Crippen LogP contribution in [0.5, 0.6) is 0 Å². The maximum absolute atomic E-state index is 13.0. The van der Waals surface area contributed by atoms with E-state index in [1.54, 1.807) is 0 Å². The Morgan fingerprint density at radius 3 is 2.50 bits per heavy atom. The van der Waals surface area contributed by atoms with Gasteiger partial charge < -0.3 is 10.4 Å². The molecule has 7 heteroatoms.